The Hall–Kier alpha value is -1.70. The summed E-state index contributed by atoms with van der Waals surface area (Å²) in [5.74, 6) is -0.557. The summed E-state index contributed by atoms with van der Waals surface area (Å²) < 4.78 is 39.8. The molecule has 21 heavy (non-hydrogen) atoms. The Balaban J connectivity index is 2.38. The Labute approximate surface area is 131 Å². The molecule has 0 saturated carbocycles. The lowest BCUT2D eigenvalue weighted by molar-refractivity contribution is 0.601. The molecular weight excluding hydrogens is 335 g/mol. The average Bonchev–Trinajstić information content (AvgIpc) is 2.42. The molecule has 0 aliphatic rings. The molecule has 0 aliphatic carbocycles. The standard InChI is InChI=1S/C13H10ClFN2O2S2/c14-11-7-9(15)4-5-12(11)17-21(18,19)10-3-1-2-8(6-10)13(16)20/h1-7,17H,(H2,16,20). The van der Waals surface area contributed by atoms with E-state index in [2.05, 4.69) is 4.72 Å². The van der Waals surface area contributed by atoms with Crippen LogP contribution in [0.5, 0.6) is 0 Å². The molecule has 0 saturated heterocycles. The maximum atomic E-state index is 13.0. The Morgan fingerprint density at radius 2 is 1.95 bits per heavy atom. The molecule has 0 aliphatic heterocycles. The van der Waals surface area contributed by atoms with Crippen molar-refractivity contribution >= 4 is 44.5 Å². The highest BCUT2D eigenvalue weighted by molar-refractivity contribution is 7.92. The van der Waals surface area contributed by atoms with Crippen molar-refractivity contribution in [1.82, 2.24) is 0 Å². The summed E-state index contributed by atoms with van der Waals surface area (Å²) in [5, 5.41) is -0.0379. The van der Waals surface area contributed by atoms with Gasteiger partial charge in [-0.25, -0.2) is 12.8 Å². The number of thiocarbonyl (C=S) groups is 1. The van der Waals surface area contributed by atoms with E-state index < -0.39 is 15.8 Å². The minimum atomic E-state index is -3.88. The lowest BCUT2D eigenvalue weighted by Crippen LogP contribution is -2.15. The molecule has 3 N–H and O–H groups in total. The predicted octanol–water partition coefficient (Wildman–Crippen LogP) is 2.91. The van der Waals surface area contributed by atoms with Gasteiger partial charge in [-0.05, 0) is 30.3 Å². The van der Waals surface area contributed by atoms with E-state index in [1.54, 1.807) is 6.07 Å². The third-order valence-electron chi connectivity index (χ3n) is 2.60. The molecule has 0 heterocycles. The van der Waals surface area contributed by atoms with Crippen molar-refractivity contribution in [2.24, 2.45) is 5.73 Å². The topological polar surface area (TPSA) is 72.2 Å². The summed E-state index contributed by atoms with van der Waals surface area (Å²) in [6.07, 6.45) is 0. The summed E-state index contributed by atoms with van der Waals surface area (Å²) >= 11 is 10.6. The normalized spacial score (nSPS) is 11.1. The molecule has 2 aromatic rings. The fourth-order valence-corrected chi connectivity index (χ4v) is 3.12. The third-order valence-corrected chi connectivity index (χ3v) is 4.52. The molecule has 0 atom stereocenters. The molecule has 0 bridgehead atoms. The zero-order valence-corrected chi connectivity index (χ0v) is 12.9. The molecule has 110 valence electrons. The maximum absolute atomic E-state index is 13.0. The number of benzene rings is 2. The van der Waals surface area contributed by atoms with Gasteiger partial charge in [-0.3, -0.25) is 4.72 Å². The zero-order chi connectivity index (χ0) is 15.6. The van der Waals surface area contributed by atoms with E-state index in [1.165, 1.54) is 24.3 Å². The molecular formula is C13H10ClFN2O2S2. The van der Waals surface area contributed by atoms with E-state index in [9.17, 15) is 12.8 Å². The molecule has 4 nitrogen and oxygen atoms in total. The fourth-order valence-electron chi connectivity index (χ4n) is 1.59. The molecule has 0 radical (unpaired) electrons. The molecule has 0 aromatic heterocycles. The van der Waals surface area contributed by atoms with Crippen molar-refractivity contribution in [3.63, 3.8) is 0 Å². The Morgan fingerprint density at radius 1 is 1.24 bits per heavy atom. The maximum Gasteiger partial charge on any atom is 0.261 e. The summed E-state index contributed by atoms with van der Waals surface area (Å²) in [4.78, 5) is 0.0695. The van der Waals surface area contributed by atoms with Crippen LogP contribution < -0.4 is 10.5 Å². The van der Waals surface area contributed by atoms with E-state index in [0.29, 0.717) is 5.56 Å². The van der Waals surface area contributed by atoms with Gasteiger partial charge in [-0.2, -0.15) is 0 Å². The van der Waals surface area contributed by atoms with Crippen molar-refractivity contribution in [3.05, 3.63) is 58.9 Å². The minimum Gasteiger partial charge on any atom is -0.389 e. The molecule has 0 amide bonds. The Bertz CT molecular complexity index is 810. The quantitative estimate of drug-likeness (QED) is 0.836. The van der Waals surface area contributed by atoms with E-state index in [1.807, 2.05) is 0 Å². The van der Waals surface area contributed by atoms with Crippen molar-refractivity contribution in [1.29, 1.82) is 0 Å². The highest BCUT2D eigenvalue weighted by Crippen LogP contribution is 2.25. The number of nitrogens with two attached hydrogens (primary N) is 1. The van der Waals surface area contributed by atoms with E-state index in [-0.39, 0.29) is 20.6 Å². The lowest BCUT2D eigenvalue weighted by Gasteiger charge is -2.10. The van der Waals surface area contributed by atoms with Crippen molar-refractivity contribution in [2.75, 3.05) is 4.72 Å². The third kappa shape index (κ3) is 3.69. The van der Waals surface area contributed by atoms with Crippen molar-refractivity contribution in [2.45, 2.75) is 4.90 Å². The Morgan fingerprint density at radius 3 is 2.57 bits per heavy atom. The number of hydrogen-bond donors (Lipinski definition) is 2. The summed E-state index contributed by atoms with van der Waals surface area (Å²) in [5.41, 5.74) is 5.98. The second-order valence-corrected chi connectivity index (χ2v) is 6.65. The fraction of sp³-hybridized carbons (Fsp3) is 0. The molecule has 0 unspecified atom stereocenters. The molecule has 2 rings (SSSR count). The van der Waals surface area contributed by atoms with E-state index >= 15 is 0 Å². The molecule has 8 heteroatoms. The molecule has 0 fully saturated rings. The van der Waals surface area contributed by atoms with Gasteiger partial charge in [0.2, 0.25) is 0 Å². The van der Waals surface area contributed by atoms with Gasteiger partial charge in [0.25, 0.3) is 10.0 Å². The van der Waals surface area contributed by atoms with Crippen LogP contribution in [0.2, 0.25) is 5.02 Å². The summed E-state index contributed by atoms with van der Waals surface area (Å²) in [7, 11) is -3.88. The van der Waals surface area contributed by atoms with E-state index in [0.717, 1.165) is 12.1 Å². The first-order chi connectivity index (χ1) is 9.79. The van der Waals surface area contributed by atoms with Crippen LogP contribution in [0.25, 0.3) is 0 Å². The van der Waals surface area contributed by atoms with Crippen molar-refractivity contribution < 1.29 is 12.8 Å². The number of nitrogens with one attached hydrogen (secondary N) is 1. The molecule has 2 aromatic carbocycles. The number of sulfonamides is 1. The predicted molar refractivity (Wildman–Crippen MR) is 84.5 cm³/mol. The number of hydrogen-bond acceptors (Lipinski definition) is 3. The van der Waals surface area contributed by atoms with Gasteiger partial charge >= 0.3 is 0 Å². The van der Waals surface area contributed by atoms with Gasteiger partial charge < -0.3 is 5.73 Å². The van der Waals surface area contributed by atoms with E-state index in [4.69, 9.17) is 29.6 Å². The van der Waals surface area contributed by atoms with Gasteiger partial charge in [0.05, 0.1) is 15.6 Å². The largest absolute Gasteiger partial charge is 0.389 e. The number of anilines is 1. The minimum absolute atomic E-state index is 0.0202. The summed E-state index contributed by atoms with van der Waals surface area (Å²) in [6, 6.07) is 9.23. The second-order valence-electron chi connectivity index (χ2n) is 4.12. The van der Waals surface area contributed by atoms with Crippen LogP contribution in [0.15, 0.2) is 47.4 Å². The van der Waals surface area contributed by atoms with Crippen LogP contribution in [0, 0.1) is 5.82 Å². The SMILES string of the molecule is NC(=S)c1cccc(S(=O)(=O)Nc2ccc(F)cc2Cl)c1. The number of rotatable bonds is 4. The average molecular weight is 345 g/mol. The van der Waals surface area contributed by atoms with Crippen LogP contribution >= 0.6 is 23.8 Å². The number of halogens is 2. The van der Waals surface area contributed by atoms with Crippen LogP contribution in [0.4, 0.5) is 10.1 Å². The molecule has 0 spiro atoms. The zero-order valence-electron chi connectivity index (χ0n) is 10.5. The van der Waals surface area contributed by atoms with Gasteiger partial charge in [0.15, 0.2) is 0 Å². The van der Waals surface area contributed by atoms with Gasteiger partial charge in [-0.1, -0.05) is 36.0 Å². The van der Waals surface area contributed by atoms with Crippen LogP contribution in [0.1, 0.15) is 5.56 Å². The van der Waals surface area contributed by atoms with Crippen LogP contribution in [-0.4, -0.2) is 13.4 Å². The lowest BCUT2D eigenvalue weighted by atomic mass is 10.2. The first kappa shape index (κ1) is 15.7. The highest BCUT2D eigenvalue weighted by atomic mass is 35.5. The second kappa shape index (κ2) is 5.97. The highest BCUT2D eigenvalue weighted by Gasteiger charge is 2.16. The van der Waals surface area contributed by atoms with Gasteiger partial charge in [0, 0.05) is 5.56 Å². The smallest absolute Gasteiger partial charge is 0.261 e. The van der Waals surface area contributed by atoms with Gasteiger partial charge in [0.1, 0.15) is 10.8 Å². The van der Waals surface area contributed by atoms with Crippen LogP contribution in [-0.2, 0) is 10.0 Å². The Kier molecular flexibility index (Phi) is 4.46. The van der Waals surface area contributed by atoms with Crippen molar-refractivity contribution in [3.8, 4) is 0 Å². The first-order valence-corrected chi connectivity index (χ1v) is 7.94. The van der Waals surface area contributed by atoms with Crippen LogP contribution in [0.3, 0.4) is 0 Å². The first-order valence-electron chi connectivity index (χ1n) is 5.67. The monoisotopic (exact) mass is 344 g/mol. The summed E-state index contributed by atoms with van der Waals surface area (Å²) in [6.45, 7) is 0. The van der Waals surface area contributed by atoms with Gasteiger partial charge in [-0.15, -0.1) is 0 Å².